The summed E-state index contributed by atoms with van der Waals surface area (Å²) in [5.74, 6) is -0.280. The van der Waals surface area contributed by atoms with E-state index in [1.807, 2.05) is 6.08 Å². The molecule has 0 aliphatic carbocycles. The average Bonchev–Trinajstić information content (AvgIpc) is 0.847. The number of amides is 1. The highest BCUT2D eigenvalue weighted by atomic mass is 16.8. The minimum Gasteiger partial charge on any atom is -0.394 e. The molecule has 19 nitrogen and oxygen atoms in total. The molecule has 0 saturated carbocycles. The van der Waals surface area contributed by atoms with Crippen molar-refractivity contribution in [1.29, 1.82) is 0 Å². The largest absolute Gasteiger partial charge is 0.394 e. The van der Waals surface area contributed by atoms with Crippen LogP contribution in [0, 0.1) is 0 Å². The minimum atomic E-state index is -1.98. The predicted octanol–water partition coefficient (Wildman–Crippen LogP) is 9.10. The Kier molecular flexibility index (Phi) is 47.2. The van der Waals surface area contributed by atoms with Gasteiger partial charge in [0.2, 0.25) is 5.91 Å². The molecule has 1 amide bonds. The number of rotatable bonds is 52. The van der Waals surface area contributed by atoms with E-state index < -0.39 is 124 Å². The molecule has 3 saturated heterocycles. The Labute approximate surface area is 540 Å². The first-order valence-electron chi connectivity index (χ1n) is 34.8. The number of nitrogens with one attached hydrogen (secondary N) is 1. The van der Waals surface area contributed by atoms with Gasteiger partial charge in [-0.15, -0.1) is 0 Å². The number of carbonyl (C=O) groups excluding carboxylic acids is 1. The fourth-order valence-electron chi connectivity index (χ4n) is 11.3. The van der Waals surface area contributed by atoms with E-state index in [9.17, 15) is 61.0 Å². The Morgan fingerprint density at radius 3 is 1.20 bits per heavy atom. The summed E-state index contributed by atoms with van der Waals surface area (Å²) < 4.78 is 34.2. The SMILES string of the molecule is CC/C=C\C/C=C\C/C=C\C/C=C\C/C=C\C/C=C\CCCCCCCCCCCCCCCCCCCCC(=O)NC(COC1OC(CO)C(OC2OC(CO)C(OC3OC(CO)C(O)C(O)C3O)C(O)C2O)C(O)C1O)C(O)/C=C/CCCCCCCC. The maximum Gasteiger partial charge on any atom is 0.220 e. The van der Waals surface area contributed by atoms with Crippen molar-refractivity contribution in [3.05, 3.63) is 85.1 Å². The van der Waals surface area contributed by atoms with Crippen LogP contribution in [-0.2, 0) is 33.2 Å². The van der Waals surface area contributed by atoms with Gasteiger partial charge in [-0.25, -0.2) is 0 Å². The van der Waals surface area contributed by atoms with Gasteiger partial charge in [0.1, 0.15) is 73.2 Å². The van der Waals surface area contributed by atoms with E-state index in [-0.39, 0.29) is 18.9 Å². The molecule has 3 heterocycles. The molecule has 17 atom stereocenters. The average molecular weight is 1280 g/mol. The molecule has 0 radical (unpaired) electrons. The van der Waals surface area contributed by atoms with Crippen molar-refractivity contribution in [2.24, 2.45) is 0 Å². The van der Waals surface area contributed by atoms with E-state index in [1.165, 1.54) is 109 Å². The molecular weight excluding hydrogens is 1150 g/mol. The molecule has 3 aliphatic heterocycles. The maximum absolute atomic E-state index is 13.3. The second-order valence-electron chi connectivity index (χ2n) is 24.6. The van der Waals surface area contributed by atoms with Crippen LogP contribution in [0.4, 0.5) is 0 Å². The summed E-state index contributed by atoms with van der Waals surface area (Å²) in [5.41, 5.74) is 0. The van der Waals surface area contributed by atoms with Crippen LogP contribution in [0.1, 0.15) is 226 Å². The number of ether oxygens (including phenoxy) is 6. The highest BCUT2D eigenvalue weighted by Crippen LogP contribution is 2.33. The lowest BCUT2D eigenvalue weighted by Crippen LogP contribution is -2.66. The molecule has 3 fully saturated rings. The third-order valence-electron chi connectivity index (χ3n) is 16.9. The lowest BCUT2D eigenvalue weighted by Gasteiger charge is -2.48. The Bertz CT molecular complexity index is 1960. The van der Waals surface area contributed by atoms with Crippen molar-refractivity contribution in [1.82, 2.24) is 5.32 Å². The normalized spacial score (nSPS) is 28.6. The monoisotopic (exact) mass is 1280 g/mol. The fourth-order valence-corrected chi connectivity index (χ4v) is 11.3. The van der Waals surface area contributed by atoms with E-state index in [0.29, 0.717) is 6.42 Å². The summed E-state index contributed by atoms with van der Waals surface area (Å²) in [5, 5.41) is 120. The summed E-state index contributed by atoms with van der Waals surface area (Å²) in [6.45, 7) is 1.55. The second kappa shape index (κ2) is 52.3. The summed E-state index contributed by atoms with van der Waals surface area (Å²) in [6.07, 6.45) is 40.5. The topological polar surface area (TPSA) is 307 Å². The Hall–Kier alpha value is -3.03. The van der Waals surface area contributed by atoms with Gasteiger partial charge in [-0.1, -0.05) is 234 Å². The standard InChI is InChI=1S/C71H123NO18/c1-3-5-7-9-11-13-14-15-16-17-18-19-20-21-22-23-24-25-26-27-28-29-30-31-32-33-34-35-36-37-38-39-40-41-43-45-47-49-59(77)72-54(55(76)48-46-44-42-12-10-8-6-4-2)53-85-69-65(83)62(80)67(57(51-74)87-69)90-71-66(84)63(81)68(58(52-75)88-71)89-70-64(82)61(79)60(78)56(50-73)86-70/h5,7,11,13,15-16,18-19,21-22,24-25,46,48,54-58,60-71,73-76,78-84H,3-4,6,8-10,12,14,17,20,23,26-45,47,49-53H2,1-2H3,(H,72,77)/b7-5-,13-11-,16-15-,19-18-,22-21-,25-24-,48-46+. The molecule has 12 N–H and O–H groups in total. The van der Waals surface area contributed by atoms with E-state index in [1.54, 1.807) is 6.08 Å². The number of unbranched alkanes of at least 4 members (excludes halogenated alkanes) is 24. The molecule has 3 aliphatic rings. The first kappa shape index (κ1) is 81.2. The molecule has 0 aromatic carbocycles. The number of hydrogen-bond acceptors (Lipinski definition) is 18. The zero-order valence-corrected chi connectivity index (χ0v) is 54.8. The quantitative estimate of drug-likeness (QED) is 0.0200. The molecular formula is C71H123NO18. The van der Waals surface area contributed by atoms with E-state index in [0.717, 1.165) is 89.9 Å². The van der Waals surface area contributed by atoms with Crippen molar-refractivity contribution < 1.29 is 89.4 Å². The fraction of sp³-hybridized carbons (Fsp3) is 0.789. The van der Waals surface area contributed by atoms with Gasteiger partial charge >= 0.3 is 0 Å². The van der Waals surface area contributed by atoms with Crippen molar-refractivity contribution in [2.45, 2.75) is 330 Å². The third kappa shape index (κ3) is 33.9. The Morgan fingerprint density at radius 1 is 0.411 bits per heavy atom. The molecule has 3 rings (SSSR count). The van der Waals surface area contributed by atoms with Crippen LogP contribution in [0.2, 0.25) is 0 Å². The molecule has 0 aromatic heterocycles. The maximum atomic E-state index is 13.3. The summed E-state index contributed by atoms with van der Waals surface area (Å²) in [7, 11) is 0. The van der Waals surface area contributed by atoms with Crippen molar-refractivity contribution in [2.75, 3.05) is 26.4 Å². The highest BCUT2D eigenvalue weighted by Gasteiger charge is 2.53. The molecule has 0 aromatic rings. The van der Waals surface area contributed by atoms with Crippen LogP contribution in [0.3, 0.4) is 0 Å². The predicted molar refractivity (Wildman–Crippen MR) is 351 cm³/mol. The molecule has 0 spiro atoms. The summed E-state index contributed by atoms with van der Waals surface area (Å²) in [4.78, 5) is 13.3. The highest BCUT2D eigenvalue weighted by molar-refractivity contribution is 5.76. The summed E-state index contributed by atoms with van der Waals surface area (Å²) >= 11 is 0. The van der Waals surface area contributed by atoms with Crippen LogP contribution < -0.4 is 5.32 Å². The van der Waals surface area contributed by atoms with E-state index in [4.69, 9.17) is 28.4 Å². The molecule has 17 unspecified atom stereocenters. The Balaban J connectivity index is 1.28. The number of aliphatic hydroxyl groups excluding tert-OH is 11. The smallest absolute Gasteiger partial charge is 0.220 e. The van der Waals surface area contributed by atoms with Gasteiger partial charge < -0.3 is 89.9 Å². The summed E-state index contributed by atoms with van der Waals surface area (Å²) in [6, 6.07) is -0.973. The van der Waals surface area contributed by atoms with Gasteiger partial charge in [0.15, 0.2) is 18.9 Å². The van der Waals surface area contributed by atoms with Gasteiger partial charge in [0, 0.05) is 6.42 Å². The van der Waals surface area contributed by atoms with Gasteiger partial charge in [-0.3, -0.25) is 4.79 Å². The van der Waals surface area contributed by atoms with Crippen molar-refractivity contribution in [3.8, 4) is 0 Å². The van der Waals surface area contributed by atoms with Gasteiger partial charge in [0.25, 0.3) is 0 Å². The van der Waals surface area contributed by atoms with Crippen LogP contribution in [-0.4, -0.2) is 193 Å². The number of carbonyl (C=O) groups is 1. The van der Waals surface area contributed by atoms with Gasteiger partial charge in [0.05, 0.1) is 38.6 Å². The van der Waals surface area contributed by atoms with Crippen molar-refractivity contribution in [3.63, 3.8) is 0 Å². The second-order valence-corrected chi connectivity index (χ2v) is 24.6. The third-order valence-corrected chi connectivity index (χ3v) is 16.9. The van der Waals surface area contributed by atoms with Gasteiger partial charge in [-0.05, 0) is 70.6 Å². The van der Waals surface area contributed by atoms with Gasteiger partial charge in [-0.2, -0.15) is 0 Å². The Morgan fingerprint density at radius 2 is 0.767 bits per heavy atom. The number of aliphatic hydroxyl groups is 11. The number of hydrogen-bond donors (Lipinski definition) is 12. The van der Waals surface area contributed by atoms with Crippen LogP contribution in [0.15, 0.2) is 85.1 Å². The van der Waals surface area contributed by atoms with E-state index >= 15 is 0 Å². The first-order valence-corrected chi connectivity index (χ1v) is 34.8. The van der Waals surface area contributed by atoms with Crippen LogP contribution in [0.5, 0.6) is 0 Å². The minimum absolute atomic E-state index is 0.241. The molecule has 19 heteroatoms. The lowest BCUT2D eigenvalue weighted by molar-refractivity contribution is -0.379. The number of allylic oxidation sites excluding steroid dienone is 13. The van der Waals surface area contributed by atoms with Crippen LogP contribution in [0.25, 0.3) is 0 Å². The molecule has 0 bridgehead atoms. The van der Waals surface area contributed by atoms with Crippen LogP contribution >= 0.6 is 0 Å². The molecule has 90 heavy (non-hydrogen) atoms. The lowest BCUT2D eigenvalue weighted by atomic mass is 9.96. The van der Waals surface area contributed by atoms with Crippen molar-refractivity contribution >= 4 is 5.91 Å². The molecule has 520 valence electrons. The van der Waals surface area contributed by atoms with E-state index in [2.05, 4.69) is 92.1 Å². The first-order chi connectivity index (χ1) is 43.8. The zero-order chi connectivity index (χ0) is 65.4. The zero-order valence-electron chi connectivity index (χ0n) is 54.8.